The van der Waals surface area contributed by atoms with Crippen LogP contribution in [0.5, 0.6) is 0 Å². The van der Waals surface area contributed by atoms with Crippen LogP contribution >= 0.6 is 11.8 Å². The fourth-order valence-electron chi connectivity index (χ4n) is 3.74. The molecule has 0 amide bonds. The second kappa shape index (κ2) is 5.20. The monoisotopic (exact) mass is 307 g/mol. The van der Waals surface area contributed by atoms with Gasteiger partial charge in [0.2, 0.25) is 0 Å². The van der Waals surface area contributed by atoms with E-state index in [2.05, 4.69) is 66.8 Å². The maximum Gasteiger partial charge on any atom is 0.0468 e. The zero-order valence-corrected chi connectivity index (χ0v) is 14.0. The Hall–Kier alpha value is -1.67. The van der Waals surface area contributed by atoms with Gasteiger partial charge in [-0.3, -0.25) is 0 Å². The molecule has 0 unspecified atom stereocenters. The molecular weight excluding hydrogens is 286 g/mol. The van der Waals surface area contributed by atoms with E-state index in [1.54, 1.807) is 11.8 Å². The summed E-state index contributed by atoms with van der Waals surface area (Å²) in [6, 6.07) is 15.9. The van der Waals surface area contributed by atoms with Gasteiger partial charge < -0.3 is 4.98 Å². The molecule has 2 heteroatoms. The third-order valence-electron chi connectivity index (χ3n) is 5.22. The highest BCUT2D eigenvalue weighted by molar-refractivity contribution is 7.98. The molecule has 0 atom stereocenters. The minimum atomic E-state index is 0.215. The van der Waals surface area contributed by atoms with Crippen LogP contribution in [0.1, 0.15) is 36.0 Å². The van der Waals surface area contributed by atoms with Gasteiger partial charge in [-0.15, -0.1) is 11.8 Å². The average molecular weight is 307 g/mol. The lowest BCUT2D eigenvalue weighted by atomic mass is 9.60. The summed E-state index contributed by atoms with van der Waals surface area (Å²) in [7, 11) is 0. The molecule has 0 aliphatic heterocycles. The van der Waals surface area contributed by atoms with Crippen molar-refractivity contribution in [3.8, 4) is 0 Å². The summed E-state index contributed by atoms with van der Waals surface area (Å²) in [5, 5.41) is 1.39. The van der Waals surface area contributed by atoms with E-state index in [9.17, 15) is 0 Å². The summed E-state index contributed by atoms with van der Waals surface area (Å²) < 4.78 is 0. The number of aromatic amines is 1. The standard InChI is InChI=1S/C20H21NS/c1-14-4-6-15(7-5-14)20(10-3-11-20)18-13-21-19-12-16(22-2)8-9-17(18)19/h4-9,12-13,21H,3,10-11H2,1-2H3. The molecular formula is C20H21NS. The Kier molecular flexibility index (Phi) is 3.30. The van der Waals surface area contributed by atoms with Crippen molar-refractivity contribution >= 4 is 22.7 Å². The number of benzene rings is 2. The van der Waals surface area contributed by atoms with Crippen LogP contribution in [0.25, 0.3) is 10.9 Å². The second-order valence-electron chi connectivity index (χ2n) is 6.42. The van der Waals surface area contributed by atoms with Gasteiger partial charge in [0.1, 0.15) is 0 Å². The first-order valence-corrected chi connectivity index (χ1v) is 9.18. The molecule has 1 aromatic heterocycles. The smallest absolute Gasteiger partial charge is 0.0468 e. The van der Waals surface area contributed by atoms with Gasteiger partial charge >= 0.3 is 0 Å². The number of fused-ring (bicyclic) bond motifs is 1. The van der Waals surface area contributed by atoms with Crippen LogP contribution in [-0.2, 0) is 5.41 Å². The number of hydrogen-bond donors (Lipinski definition) is 1. The van der Waals surface area contributed by atoms with E-state index in [0.717, 1.165) is 0 Å². The Labute approximate surface area is 136 Å². The van der Waals surface area contributed by atoms with E-state index in [1.165, 1.54) is 51.8 Å². The zero-order valence-electron chi connectivity index (χ0n) is 13.1. The summed E-state index contributed by atoms with van der Waals surface area (Å²) in [6.45, 7) is 2.16. The first-order chi connectivity index (χ1) is 10.7. The lowest BCUT2D eigenvalue weighted by molar-refractivity contribution is 0.304. The quantitative estimate of drug-likeness (QED) is 0.617. The number of thioether (sulfide) groups is 1. The van der Waals surface area contributed by atoms with Gasteiger partial charge in [-0.2, -0.15) is 0 Å². The molecule has 1 heterocycles. The molecule has 1 aliphatic rings. The maximum atomic E-state index is 3.50. The topological polar surface area (TPSA) is 15.8 Å². The number of rotatable bonds is 3. The second-order valence-corrected chi connectivity index (χ2v) is 7.30. The van der Waals surface area contributed by atoms with E-state index in [0.29, 0.717) is 0 Å². The van der Waals surface area contributed by atoms with Crippen molar-refractivity contribution in [3.05, 3.63) is 65.4 Å². The van der Waals surface area contributed by atoms with Gasteiger partial charge in [-0.1, -0.05) is 42.3 Å². The number of nitrogens with one attached hydrogen (secondary N) is 1. The highest BCUT2D eigenvalue weighted by Crippen LogP contribution is 2.51. The molecule has 4 rings (SSSR count). The summed E-state index contributed by atoms with van der Waals surface area (Å²) in [5.74, 6) is 0. The Balaban J connectivity index is 1.86. The van der Waals surface area contributed by atoms with Crippen molar-refractivity contribution in [1.82, 2.24) is 4.98 Å². The molecule has 0 saturated heterocycles. The highest BCUT2D eigenvalue weighted by atomic mass is 32.2. The normalized spacial score (nSPS) is 16.6. The maximum absolute atomic E-state index is 3.50. The van der Waals surface area contributed by atoms with Crippen LogP contribution in [0.15, 0.2) is 53.6 Å². The number of aromatic nitrogens is 1. The van der Waals surface area contributed by atoms with Crippen LogP contribution in [0.3, 0.4) is 0 Å². The van der Waals surface area contributed by atoms with Gasteiger partial charge in [0.25, 0.3) is 0 Å². The lowest BCUT2D eigenvalue weighted by Gasteiger charge is -2.42. The summed E-state index contributed by atoms with van der Waals surface area (Å²) in [6.07, 6.45) is 8.21. The third-order valence-corrected chi connectivity index (χ3v) is 5.94. The van der Waals surface area contributed by atoms with E-state index in [-0.39, 0.29) is 5.41 Å². The largest absolute Gasteiger partial charge is 0.361 e. The van der Waals surface area contributed by atoms with Crippen LogP contribution in [-0.4, -0.2) is 11.2 Å². The van der Waals surface area contributed by atoms with Gasteiger partial charge in [-0.25, -0.2) is 0 Å². The highest BCUT2D eigenvalue weighted by Gasteiger charge is 2.41. The predicted molar refractivity (Wildman–Crippen MR) is 95.9 cm³/mol. The lowest BCUT2D eigenvalue weighted by Crippen LogP contribution is -2.35. The molecule has 0 radical (unpaired) electrons. The van der Waals surface area contributed by atoms with Crippen molar-refractivity contribution in [2.45, 2.75) is 36.5 Å². The van der Waals surface area contributed by atoms with Crippen LogP contribution in [0, 0.1) is 6.92 Å². The molecule has 0 spiro atoms. The van der Waals surface area contributed by atoms with E-state index < -0.39 is 0 Å². The summed E-state index contributed by atoms with van der Waals surface area (Å²) in [4.78, 5) is 4.82. The molecule has 112 valence electrons. The average Bonchev–Trinajstić information content (AvgIpc) is 2.91. The zero-order chi connectivity index (χ0) is 15.2. The Morgan fingerprint density at radius 3 is 2.45 bits per heavy atom. The van der Waals surface area contributed by atoms with Gasteiger partial charge in [0, 0.05) is 27.4 Å². The van der Waals surface area contributed by atoms with Crippen LogP contribution < -0.4 is 0 Å². The molecule has 1 aliphatic carbocycles. The first kappa shape index (κ1) is 14.0. The molecule has 1 N–H and O–H groups in total. The Morgan fingerprint density at radius 1 is 1.05 bits per heavy atom. The summed E-state index contributed by atoms with van der Waals surface area (Å²) in [5.41, 5.74) is 5.76. The molecule has 1 saturated carbocycles. The van der Waals surface area contributed by atoms with Gasteiger partial charge in [0.15, 0.2) is 0 Å². The molecule has 1 nitrogen and oxygen atoms in total. The van der Waals surface area contributed by atoms with Gasteiger partial charge in [0.05, 0.1) is 0 Å². The fourth-order valence-corrected chi connectivity index (χ4v) is 4.18. The van der Waals surface area contributed by atoms with E-state index in [1.807, 2.05) is 0 Å². The predicted octanol–water partition coefficient (Wildman–Crippen LogP) is 5.67. The minimum Gasteiger partial charge on any atom is -0.361 e. The number of aryl methyl sites for hydroxylation is 1. The van der Waals surface area contributed by atoms with Gasteiger partial charge in [-0.05, 0) is 49.3 Å². The van der Waals surface area contributed by atoms with Crippen molar-refractivity contribution < 1.29 is 0 Å². The molecule has 1 fully saturated rings. The SMILES string of the molecule is CSc1ccc2c(C3(c4ccc(C)cc4)CCC3)c[nH]c2c1. The minimum absolute atomic E-state index is 0.215. The number of H-pyrrole nitrogens is 1. The summed E-state index contributed by atoms with van der Waals surface area (Å²) >= 11 is 1.80. The Bertz CT molecular complexity index is 809. The molecule has 3 aromatic rings. The molecule has 2 aromatic carbocycles. The molecule has 22 heavy (non-hydrogen) atoms. The fraction of sp³-hybridized carbons (Fsp3) is 0.300. The van der Waals surface area contributed by atoms with Crippen LogP contribution in [0.4, 0.5) is 0 Å². The van der Waals surface area contributed by atoms with Crippen molar-refractivity contribution in [1.29, 1.82) is 0 Å². The van der Waals surface area contributed by atoms with Crippen molar-refractivity contribution in [3.63, 3.8) is 0 Å². The third kappa shape index (κ3) is 2.01. The van der Waals surface area contributed by atoms with E-state index >= 15 is 0 Å². The van der Waals surface area contributed by atoms with Crippen molar-refractivity contribution in [2.24, 2.45) is 0 Å². The van der Waals surface area contributed by atoms with Crippen molar-refractivity contribution in [2.75, 3.05) is 6.26 Å². The first-order valence-electron chi connectivity index (χ1n) is 7.96. The molecule has 0 bridgehead atoms. The number of hydrogen-bond acceptors (Lipinski definition) is 1. The van der Waals surface area contributed by atoms with Crippen LogP contribution in [0.2, 0.25) is 0 Å². The van der Waals surface area contributed by atoms with E-state index in [4.69, 9.17) is 0 Å². The Morgan fingerprint density at radius 2 is 1.82 bits per heavy atom.